The monoisotopic (exact) mass is 343 g/mol. The summed E-state index contributed by atoms with van der Waals surface area (Å²) in [7, 11) is 1.27. The van der Waals surface area contributed by atoms with Crippen LogP contribution in [0.3, 0.4) is 0 Å². The van der Waals surface area contributed by atoms with Crippen LogP contribution in [0.25, 0.3) is 0 Å². The van der Waals surface area contributed by atoms with Crippen molar-refractivity contribution in [2.24, 2.45) is 0 Å². The molecule has 2 aromatic carbocycles. The number of ether oxygens (including phenoxy) is 2. The fraction of sp³-hybridized carbons (Fsp3) is 0.167. The lowest BCUT2D eigenvalue weighted by Crippen LogP contribution is -2.21. The molecular formula is C18H17NO6. The van der Waals surface area contributed by atoms with E-state index >= 15 is 0 Å². The van der Waals surface area contributed by atoms with Crippen molar-refractivity contribution in [3.63, 3.8) is 0 Å². The molecule has 0 spiro atoms. The molecule has 0 saturated heterocycles. The number of methoxy groups -OCH3 is 1. The highest BCUT2D eigenvalue weighted by Gasteiger charge is 2.13. The minimum atomic E-state index is -0.685. The number of hydrogen-bond acceptors (Lipinski definition) is 6. The number of carbonyl (C=O) groups excluding carboxylic acids is 3. The van der Waals surface area contributed by atoms with Gasteiger partial charge < -0.3 is 19.9 Å². The summed E-state index contributed by atoms with van der Waals surface area (Å²) in [6, 6.07) is 10.2. The highest BCUT2D eigenvalue weighted by molar-refractivity contribution is 5.97. The highest BCUT2D eigenvalue weighted by atomic mass is 16.5. The lowest BCUT2D eigenvalue weighted by Gasteiger charge is -2.10. The van der Waals surface area contributed by atoms with E-state index in [1.165, 1.54) is 37.4 Å². The molecule has 0 heterocycles. The van der Waals surface area contributed by atoms with Gasteiger partial charge in [-0.05, 0) is 48.9 Å². The number of amides is 1. The van der Waals surface area contributed by atoms with Gasteiger partial charge in [-0.1, -0.05) is 6.07 Å². The van der Waals surface area contributed by atoms with Crippen molar-refractivity contribution < 1.29 is 29.0 Å². The van der Waals surface area contributed by atoms with Crippen molar-refractivity contribution in [3.05, 3.63) is 59.2 Å². The molecule has 0 aromatic heterocycles. The second-order valence-corrected chi connectivity index (χ2v) is 5.19. The van der Waals surface area contributed by atoms with Gasteiger partial charge in [-0.3, -0.25) is 4.79 Å². The highest BCUT2D eigenvalue weighted by Crippen LogP contribution is 2.17. The third kappa shape index (κ3) is 4.81. The summed E-state index contributed by atoms with van der Waals surface area (Å²) in [4.78, 5) is 35.3. The van der Waals surface area contributed by atoms with Gasteiger partial charge in [0.1, 0.15) is 5.75 Å². The van der Waals surface area contributed by atoms with Gasteiger partial charge >= 0.3 is 11.9 Å². The van der Waals surface area contributed by atoms with E-state index in [0.717, 1.165) is 5.56 Å². The van der Waals surface area contributed by atoms with E-state index in [-0.39, 0.29) is 11.3 Å². The number of aromatic hydroxyl groups is 1. The molecule has 7 heteroatoms. The van der Waals surface area contributed by atoms with Crippen LogP contribution in [0.2, 0.25) is 0 Å². The first-order valence-electron chi connectivity index (χ1n) is 7.35. The van der Waals surface area contributed by atoms with E-state index in [2.05, 4.69) is 10.1 Å². The number of phenolic OH excluding ortho intramolecular Hbond substituents is 1. The van der Waals surface area contributed by atoms with Gasteiger partial charge in [-0.25, -0.2) is 9.59 Å². The van der Waals surface area contributed by atoms with Gasteiger partial charge in [0.05, 0.1) is 18.2 Å². The number of esters is 2. The van der Waals surface area contributed by atoms with Crippen LogP contribution in [0.15, 0.2) is 42.5 Å². The Balaban J connectivity index is 1.97. The number of aryl methyl sites for hydroxylation is 1. The largest absolute Gasteiger partial charge is 0.508 e. The zero-order valence-electron chi connectivity index (χ0n) is 13.7. The summed E-state index contributed by atoms with van der Waals surface area (Å²) >= 11 is 0. The van der Waals surface area contributed by atoms with E-state index in [9.17, 15) is 19.5 Å². The topological polar surface area (TPSA) is 102 Å². The van der Waals surface area contributed by atoms with Crippen molar-refractivity contribution in [3.8, 4) is 5.75 Å². The van der Waals surface area contributed by atoms with Gasteiger partial charge in [0.15, 0.2) is 6.61 Å². The molecule has 2 N–H and O–H groups in total. The molecule has 0 bridgehead atoms. The van der Waals surface area contributed by atoms with Gasteiger partial charge in [-0.2, -0.15) is 0 Å². The zero-order chi connectivity index (χ0) is 18.4. The first kappa shape index (κ1) is 18.0. The Morgan fingerprint density at radius 2 is 1.64 bits per heavy atom. The van der Waals surface area contributed by atoms with Crippen molar-refractivity contribution in [2.75, 3.05) is 19.0 Å². The predicted octanol–water partition coefficient (Wildman–Crippen LogP) is 2.28. The second kappa shape index (κ2) is 7.96. The summed E-state index contributed by atoms with van der Waals surface area (Å²) in [5, 5.41) is 11.8. The lowest BCUT2D eigenvalue weighted by molar-refractivity contribution is -0.119. The predicted molar refractivity (Wildman–Crippen MR) is 89.5 cm³/mol. The molecule has 1 amide bonds. The minimum absolute atomic E-state index is 0.0234. The molecule has 0 aliphatic rings. The van der Waals surface area contributed by atoms with Crippen LogP contribution in [0.4, 0.5) is 5.69 Å². The van der Waals surface area contributed by atoms with Crippen LogP contribution in [0.5, 0.6) is 5.75 Å². The number of phenols is 1. The first-order chi connectivity index (χ1) is 11.9. The molecule has 0 saturated carbocycles. The smallest absolute Gasteiger partial charge is 0.338 e. The molecule has 0 fully saturated rings. The van der Waals surface area contributed by atoms with Crippen molar-refractivity contribution in [1.82, 2.24) is 0 Å². The number of nitrogens with one attached hydrogen (secondary N) is 1. The summed E-state index contributed by atoms with van der Waals surface area (Å²) < 4.78 is 9.55. The van der Waals surface area contributed by atoms with Crippen LogP contribution in [-0.2, 0) is 14.3 Å². The van der Waals surface area contributed by atoms with Crippen molar-refractivity contribution in [2.45, 2.75) is 6.92 Å². The second-order valence-electron chi connectivity index (χ2n) is 5.19. The Morgan fingerprint density at radius 1 is 1.00 bits per heavy atom. The standard InChI is InChI=1S/C18H17NO6/c1-11-3-4-13(17(22)24-2)9-15(11)19-16(21)10-25-18(23)12-5-7-14(20)8-6-12/h3-9,20H,10H2,1-2H3,(H,19,21). The average Bonchev–Trinajstić information content (AvgIpc) is 2.61. The normalized spacial score (nSPS) is 10.0. The van der Waals surface area contributed by atoms with Gasteiger partial charge in [-0.15, -0.1) is 0 Å². The fourth-order valence-electron chi connectivity index (χ4n) is 2.00. The SMILES string of the molecule is COC(=O)c1ccc(C)c(NC(=O)COC(=O)c2ccc(O)cc2)c1. The summed E-state index contributed by atoms with van der Waals surface area (Å²) in [6.07, 6.45) is 0. The van der Waals surface area contributed by atoms with Gasteiger partial charge in [0, 0.05) is 5.69 Å². The van der Waals surface area contributed by atoms with Crippen molar-refractivity contribution >= 4 is 23.5 Å². The maximum absolute atomic E-state index is 12.0. The van der Waals surface area contributed by atoms with Crippen LogP contribution in [0, 0.1) is 6.92 Å². The van der Waals surface area contributed by atoms with Crippen LogP contribution in [-0.4, -0.2) is 36.7 Å². The third-order valence-electron chi connectivity index (χ3n) is 3.37. The molecule has 25 heavy (non-hydrogen) atoms. The Bertz CT molecular complexity index is 798. The Hall–Kier alpha value is -3.35. The number of hydrogen-bond donors (Lipinski definition) is 2. The van der Waals surface area contributed by atoms with Crippen LogP contribution < -0.4 is 5.32 Å². The zero-order valence-corrected chi connectivity index (χ0v) is 13.7. The maximum atomic E-state index is 12.0. The fourth-order valence-corrected chi connectivity index (χ4v) is 2.00. The van der Waals surface area contributed by atoms with Crippen LogP contribution in [0.1, 0.15) is 26.3 Å². The van der Waals surface area contributed by atoms with E-state index in [0.29, 0.717) is 11.3 Å². The lowest BCUT2D eigenvalue weighted by atomic mass is 10.1. The van der Waals surface area contributed by atoms with Crippen LogP contribution >= 0.6 is 0 Å². The van der Waals surface area contributed by atoms with E-state index in [1.54, 1.807) is 19.1 Å². The Labute approximate surface area is 144 Å². The number of rotatable bonds is 5. The molecule has 0 aliphatic carbocycles. The molecule has 0 radical (unpaired) electrons. The molecular weight excluding hydrogens is 326 g/mol. The first-order valence-corrected chi connectivity index (χ1v) is 7.35. The van der Waals surface area contributed by atoms with Gasteiger partial charge in [0.25, 0.3) is 5.91 Å². The Kier molecular flexibility index (Phi) is 5.73. The molecule has 2 rings (SSSR count). The quantitative estimate of drug-likeness (QED) is 0.808. The summed E-state index contributed by atoms with van der Waals surface area (Å²) in [5.41, 5.74) is 1.68. The molecule has 130 valence electrons. The van der Waals surface area contributed by atoms with E-state index < -0.39 is 24.5 Å². The molecule has 0 aliphatic heterocycles. The van der Waals surface area contributed by atoms with Crippen molar-refractivity contribution in [1.29, 1.82) is 0 Å². The number of benzene rings is 2. The molecule has 7 nitrogen and oxygen atoms in total. The average molecular weight is 343 g/mol. The molecule has 0 atom stereocenters. The number of carbonyl (C=O) groups is 3. The summed E-state index contributed by atoms with van der Waals surface area (Å²) in [5.74, 6) is -1.73. The van der Waals surface area contributed by atoms with Gasteiger partial charge in [0.2, 0.25) is 0 Å². The van der Waals surface area contributed by atoms with E-state index in [1.807, 2.05) is 0 Å². The third-order valence-corrected chi connectivity index (χ3v) is 3.37. The molecule has 2 aromatic rings. The summed E-state index contributed by atoms with van der Waals surface area (Å²) in [6.45, 7) is 1.28. The number of anilines is 1. The maximum Gasteiger partial charge on any atom is 0.338 e. The Morgan fingerprint density at radius 3 is 2.28 bits per heavy atom. The van der Waals surface area contributed by atoms with E-state index in [4.69, 9.17) is 4.74 Å². The minimum Gasteiger partial charge on any atom is -0.508 e. The molecule has 0 unspecified atom stereocenters.